The summed E-state index contributed by atoms with van der Waals surface area (Å²) in [6, 6.07) is 5.82. The van der Waals surface area contributed by atoms with Crippen LogP contribution < -0.4 is 0 Å². The molecule has 4 heteroatoms. The number of hydrogen-bond donors (Lipinski definition) is 0. The molecule has 1 aromatic carbocycles. The van der Waals surface area contributed by atoms with Crippen LogP contribution in [0.1, 0.15) is 5.56 Å². The van der Waals surface area contributed by atoms with Gasteiger partial charge in [-0.15, -0.1) is 11.3 Å². The Kier molecular flexibility index (Phi) is 2.72. The summed E-state index contributed by atoms with van der Waals surface area (Å²) in [6.45, 7) is 0. The van der Waals surface area contributed by atoms with E-state index in [0.29, 0.717) is 9.17 Å². The second-order valence-electron chi connectivity index (χ2n) is 2.65. The topological polar surface area (TPSA) is 0 Å². The fraction of sp³-hybridized carbons (Fsp3) is 0.111. The molecule has 0 nitrogen and oxygen atoms in total. The lowest BCUT2D eigenvalue weighted by Gasteiger charge is -1.94. The summed E-state index contributed by atoms with van der Waals surface area (Å²) < 4.78 is 15.0. The molecule has 68 valence electrons. The minimum absolute atomic E-state index is 0.150. The van der Waals surface area contributed by atoms with Gasteiger partial charge in [0.1, 0.15) is 3.79 Å². The quantitative estimate of drug-likeness (QED) is 0.667. The van der Waals surface area contributed by atoms with E-state index in [1.807, 2.05) is 18.2 Å². The molecule has 1 aromatic heterocycles. The highest BCUT2D eigenvalue weighted by molar-refractivity contribution is 9.11. The monoisotopic (exact) mass is 322 g/mol. The van der Waals surface area contributed by atoms with Crippen LogP contribution in [-0.2, 0) is 5.33 Å². The van der Waals surface area contributed by atoms with Gasteiger partial charge in [-0.3, -0.25) is 0 Å². The van der Waals surface area contributed by atoms with E-state index < -0.39 is 0 Å². The van der Waals surface area contributed by atoms with Gasteiger partial charge in [0.25, 0.3) is 0 Å². The average Bonchev–Trinajstić information content (AvgIpc) is 2.43. The van der Waals surface area contributed by atoms with E-state index in [2.05, 4.69) is 31.9 Å². The Morgan fingerprint density at radius 2 is 2.15 bits per heavy atom. The largest absolute Gasteiger partial charge is 0.204 e. The number of alkyl halides is 1. The fourth-order valence-corrected chi connectivity index (χ4v) is 3.04. The standard InChI is InChI=1S/C9H5Br2FS/c10-4-5-1-2-7-6(3-5)8(12)9(11)13-7/h1-3H,4H2. The first-order valence-electron chi connectivity index (χ1n) is 3.65. The lowest BCUT2D eigenvalue weighted by atomic mass is 10.2. The second kappa shape index (κ2) is 3.67. The van der Waals surface area contributed by atoms with Gasteiger partial charge in [0.15, 0.2) is 5.82 Å². The summed E-state index contributed by atoms with van der Waals surface area (Å²) in [7, 11) is 0. The minimum Gasteiger partial charge on any atom is -0.204 e. The smallest absolute Gasteiger partial charge is 0.156 e. The van der Waals surface area contributed by atoms with E-state index in [4.69, 9.17) is 0 Å². The summed E-state index contributed by atoms with van der Waals surface area (Å²) in [5.41, 5.74) is 1.09. The van der Waals surface area contributed by atoms with Gasteiger partial charge in [-0.2, -0.15) is 0 Å². The molecule has 0 unspecified atom stereocenters. The van der Waals surface area contributed by atoms with Crippen LogP contribution in [0.15, 0.2) is 22.0 Å². The second-order valence-corrected chi connectivity index (χ2v) is 5.58. The number of thiophene rings is 1. The normalized spacial score (nSPS) is 11.0. The molecule has 2 rings (SSSR count). The molecule has 0 amide bonds. The Morgan fingerprint density at radius 1 is 1.38 bits per heavy atom. The molecule has 0 aliphatic carbocycles. The molecule has 0 saturated carbocycles. The predicted octanol–water partition coefficient (Wildman–Crippen LogP) is 4.70. The SMILES string of the molecule is Fc1c(Br)sc2ccc(CBr)cc12. The Labute approximate surface area is 96.0 Å². The van der Waals surface area contributed by atoms with E-state index in [9.17, 15) is 4.39 Å². The van der Waals surface area contributed by atoms with E-state index in [1.54, 1.807) is 0 Å². The molecule has 2 aromatic rings. The zero-order valence-corrected chi connectivity index (χ0v) is 10.5. The number of benzene rings is 1. The highest BCUT2D eigenvalue weighted by atomic mass is 79.9. The first-order chi connectivity index (χ1) is 6.22. The van der Waals surface area contributed by atoms with Crippen LogP contribution in [0.4, 0.5) is 4.39 Å². The summed E-state index contributed by atoms with van der Waals surface area (Å²) in [5.74, 6) is -0.150. The fourth-order valence-electron chi connectivity index (χ4n) is 1.17. The van der Waals surface area contributed by atoms with Gasteiger partial charge in [0, 0.05) is 15.4 Å². The van der Waals surface area contributed by atoms with Crippen LogP contribution in [0.5, 0.6) is 0 Å². The summed E-state index contributed by atoms with van der Waals surface area (Å²) in [6.07, 6.45) is 0. The van der Waals surface area contributed by atoms with Crippen molar-refractivity contribution in [3.8, 4) is 0 Å². The lowest BCUT2D eigenvalue weighted by Crippen LogP contribution is -1.76. The van der Waals surface area contributed by atoms with Crippen molar-refractivity contribution in [3.63, 3.8) is 0 Å². The maximum atomic E-state index is 13.4. The molecule has 0 aliphatic rings. The average molecular weight is 324 g/mol. The van der Waals surface area contributed by atoms with Crippen molar-refractivity contribution in [2.45, 2.75) is 5.33 Å². The predicted molar refractivity (Wildman–Crippen MR) is 62.1 cm³/mol. The first-order valence-corrected chi connectivity index (χ1v) is 6.38. The van der Waals surface area contributed by atoms with Crippen LogP contribution >= 0.6 is 43.2 Å². The minimum atomic E-state index is -0.150. The van der Waals surface area contributed by atoms with Crippen molar-refractivity contribution < 1.29 is 4.39 Å². The van der Waals surface area contributed by atoms with Crippen molar-refractivity contribution in [2.75, 3.05) is 0 Å². The van der Waals surface area contributed by atoms with Gasteiger partial charge in [0.2, 0.25) is 0 Å². The maximum absolute atomic E-state index is 13.4. The Morgan fingerprint density at radius 3 is 2.85 bits per heavy atom. The van der Waals surface area contributed by atoms with E-state index in [0.717, 1.165) is 15.6 Å². The van der Waals surface area contributed by atoms with Gasteiger partial charge in [-0.25, -0.2) is 4.39 Å². The highest BCUT2D eigenvalue weighted by Crippen LogP contribution is 2.34. The zero-order chi connectivity index (χ0) is 9.42. The van der Waals surface area contributed by atoms with Crippen molar-refractivity contribution in [2.24, 2.45) is 0 Å². The van der Waals surface area contributed by atoms with Crippen molar-refractivity contribution in [1.29, 1.82) is 0 Å². The van der Waals surface area contributed by atoms with Crippen molar-refractivity contribution in [3.05, 3.63) is 33.4 Å². The molecule has 0 saturated heterocycles. The Bertz CT molecular complexity index is 450. The van der Waals surface area contributed by atoms with Gasteiger partial charge >= 0.3 is 0 Å². The van der Waals surface area contributed by atoms with Gasteiger partial charge in [-0.05, 0) is 33.6 Å². The number of rotatable bonds is 1. The number of halogens is 3. The molecule has 0 bridgehead atoms. The van der Waals surface area contributed by atoms with Crippen LogP contribution in [0.25, 0.3) is 10.1 Å². The summed E-state index contributed by atoms with van der Waals surface area (Å²) in [4.78, 5) is 0. The van der Waals surface area contributed by atoms with Gasteiger partial charge < -0.3 is 0 Å². The Hall–Kier alpha value is 0.0700. The third kappa shape index (κ3) is 1.67. The highest BCUT2D eigenvalue weighted by Gasteiger charge is 2.09. The third-order valence-electron chi connectivity index (χ3n) is 1.81. The summed E-state index contributed by atoms with van der Waals surface area (Å²) in [5, 5.41) is 1.46. The molecule has 0 radical (unpaired) electrons. The first kappa shape index (κ1) is 9.62. The molecule has 0 fully saturated rings. The van der Waals surface area contributed by atoms with Gasteiger partial charge in [-0.1, -0.05) is 22.0 Å². The van der Waals surface area contributed by atoms with E-state index in [-0.39, 0.29) is 5.82 Å². The van der Waals surface area contributed by atoms with Crippen LogP contribution in [0.3, 0.4) is 0 Å². The molecule has 0 atom stereocenters. The Balaban J connectivity index is 2.75. The molecule has 0 spiro atoms. The molecule has 13 heavy (non-hydrogen) atoms. The molecule has 0 N–H and O–H groups in total. The van der Waals surface area contributed by atoms with Crippen molar-refractivity contribution >= 4 is 53.3 Å². The zero-order valence-electron chi connectivity index (χ0n) is 6.48. The third-order valence-corrected chi connectivity index (χ3v) is 4.22. The van der Waals surface area contributed by atoms with E-state index in [1.165, 1.54) is 11.3 Å². The molecular formula is C9H5Br2FS. The summed E-state index contributed by atoms with van der Waals surface area (Å²) >= 11 is 7.95. The number of hydrogen-bond acceptors (Lipinski definition) is 1. The lowest BCUT2D eigenvalue weighted by molar-refractivity contribution is 0.638. The van der Waals surface area contributed by atoms with Gasteiger partial charge in [0.05, 0.1) is 0 Å². The maximum Gasteiger partial charge on any atom is 0.156 e. The van der Waals surface area contributed by atoms with Crippen LogP contribution in [0, 0.1) is 5.82 Å². The van der Waals surface area contributed by atoms with Crippen molar-refractivity contribution in [1.82, 2.24) is 0 Å². The number of fused-ring (bicyclic) bond motifs is 1. The van der Waals surface area contributed by atoms with Crippen LogP contribution in [0.2, 0.25) is 0 Å². The molecule has 1 heterocycles. The molecular weight excluding hydrogens is 319 g/mol. The molecule has 0 aliphatic heterocycles. The van der Waals surface area contributed by atoms with Crippen LogP contribution in [-0.4, -0.2) is 0 Å². The van der Waals surface area contributed by atoms with E-state index >= 15 is 0 Å².